The number of hydrogen-bond acceptors (Lipinski definition) is 7. The Morgan fingerprint density at radius 1 is 0.757 bits per heavy atom. The molecule has 0 aliphatic heterocycles. The number of amides is 2. The second kappa shape index (κ2) is 14.4. The zero-order valence-corrected chi connectivity index (χ0v) is 20.3. The van der Waals surface area contributed by atoms with E-state index in [0.717, 1.165) is 0 Å². The third-order valence-corrected chi connectivity index (χ3v) is 4.54. The van der Waals surface area contributed by atoms with Crippen molar-refractivity contribution in [1.29, 1.82) is 0 Å². The lowest BCUT2D eigenvalue weighted by atomic mass is 10.2. The first-order valence-electron chi connectivity index (χ1n) is 11.1. The Balaban J connectivity index is 0.000000312. The Morgan fingerprint density at radius 2 is 1.27 bits per heavy atom. The van der Waals surface area contributed by atoms with E-state index in [0.29, 0.717) is 17.1 Å². The number of carbonyl (C=O) groups is 5. The molecule has 0 aliphatic rings. The number of aromatic carboxylic acids is 1. The molecule has 10 heteroatoms. The summed E-state index contributed by atoms with van der Waals surface area (Å²) < 4.78 is 0. The summed E-state index contributed by atoms with van der Waals surface area (Å²) in [4.78, 5) is 56.3. The van der Waals surface area contributed by atoms with E-state index in [1.165, 1.54) is 38.1 Å². The van der Waals surface area contributed by atoms with Crippen LogP contribution in [-0.4, -0.2) is 40.5 Å². The average Bonchev–Trinajstić information content (AvgIpc) is 2.85. The van der Waals surface area contributed by atoms with E-state index in [2.05, 4.69) is 20.9 Å². The van der Waals surface area contributed by atoms with Crippen LogP contribution in [0, 0.1) is 0 Å². The van der Waals surface area contributed by atoms with Crippen LogP contribution in [0.15, 0.2) is 95.2 Å². The van der Waals surface area contributed by atoms with Crippen LogP contribution in [-0.2, 0) is 19.2 Å². The second-order valence-corrected chi connectivity index (χ2v) is 7.73. The standard InChI is InChI=1S/C17H15N3O4.C10H11NO2/c1-11(21)15(16(22)18-13-5-3-2-4-6-13)20-19-14-9-7-12(8-10-14)17(23)24;1-8(12)7-10(13)11-9-5-3-2-4-6-9/h2-10,15H,1H3,(H,18,22)(H,23,24);2-6H,7H2,1H3,(H,11,13). The smallest absolute Gasteiger partial charge is 0.335 e. The number of carbonyl (C=O) groups excluding carboxylic acids is 4. The molecular formula is C27H26N4O6. The minimum absolute atomic E-state index is 0.0606. The van der Waals surface area contributed by atoms with E-state index in [9.17, 15) is 24.0 Å². The molecule has 0 radical (unpaired) electrons. The summed E-state index contributed by atoms with van der Waals surface area (Å²) in [6.45, 7) is 2.65. The largest absolute Gasteiger partial charge is 0.478 e. The highest BCUT2D eigenvalue weighted by molar-refractivity contribution is 6.10. The van der Waals surface area contributed by atoms with Gasteiger partial charge in [0.05, 0.1) is 17.7 Å². The molecule has 0 aliphatic carbocycles. The van der Waals surface area contributed by atoms with E-state index < -0.39 is 23.7 Å². The van der Waals surface area contributed by atoms with Crippen LogP contribution in [0.4, 0.5) is 17.1 Å². The van der Waals surface area contributed by atoms with Gasteiger partial charge in [-0.15, -0.1) is 0 Å². The summed E-state index contributed by atoms with van der Waals surface area (Å²) in [6, 6.07) is 22.1. The molecule has 0 saturated carbocycles. The van der Waals surface area contributed by atoms with E-state index in [-0.39, 0.29) is 23.7 Å². The van der Waals surface area contributed by atoms with Crippen molar-refractivity contribution in [3.63, 3.8) is 0 Å². The number of Topliss-reactive ketones (excluding diaryl/α,β-unsaturated/α-hetero) is 2. The average molecular weight is 503 g/mol. The fraction of sp³-hybridized carbons (Fsp3) is 0.148. The topological polar surface area (TPSA) is 154 Å². The number of anilines is 2. The number of nitrogens with zero attached hydrogens (tertiary/aromatic N) is 2. The number of azo groups is 1. The lowest BCUT2D eigenvalue weighted by Gasteiger charge is -2.09. The highest BCUT2D eigenvalue weighted by Gasteiger charge is 2.23. The zero-order valence-electron chi connectivity index (χ0n) is 20.3. The molecule has 0 spiro atoms. The van der Waals surface area contributed by atoms with Gasteiger partial charge in [-0.3, -0.25) is 19.2 Å². The molecule has 0 aromatic heterocycles. The number of benzene rings is 3. The van der Waals surface area contributed by atoms with E-state index in [4.69, 9.17) is 5.11 Å². The van der Waals surface area contributed by atoms with Crippen molar-refractivity contribution in [3.05, 3.63) is 90.5 Å². The molecule has 0 fully saturated rings. The van der Waals surface area contributed by atoms with Gasteiger partial charge in [-0.25, -0.2) is 4.79 Å². The van der Waals surface area contributed by atoms with Crippen molar-refractivity contribution in [2.24, 2.45) is 10.2 Å². The minimum Gasteiger partial charge on any atom is -0.478 e. The fourth-order valence-electron chi connectivity index (χ4n) is 2.80. The van der Waals surface area contributed by atoms with Crippen LogP contribution in [0.3, 0.4) is 0 Å². The van der Waals surface area contributed by atoms with Gasteiger partial charge in [-0.1, -0.05) is 36.4 Å². The maximum absolute atomic E-state index is 12.2. The van der Waals surface area contributed by atoms with Crippen molar-refractivity contribution in [2.75, 3.05) is 10.6 Å². The Hall–Kier alpha value is -4.99. The maximum atomic E-state index is 12.2. The molecule has 0 heterocycles. The Bertz CT molecular complexity index is 1260. The number of carboxylic acids is 1. The third-order valence-electron chi connectivity index (χ3n) is 4.54. The SMILES string of the molecule is CC(=O)C(N=Nc1ccc(C(=O)O)cc1)C(=O)Nc1ccccc1.CC(=O)CC(=O)Nc1ccccc1. The van der Waals surface area contributed by atoms with Gasteiger partial charge in [0.25, 0.3) is 5.91 Å². The van der Waals surface area contributed by atoms with Gasteiger partial charge < -0.3 is 15.7 Å². The highest BCUT2D eigenvalue weighted by atomic mass is 16.4. The van der Waals surface area contributed by atoms with Gasteiger partial charge in [0.1, 0.15) is 5.78 Å². The van der Waals surface area contributed by atoms with Crippen LogP contribution in [0.5, 0.6) is 0 Å². The lowest BCUT2D eigenvalue weighted by molar-refractivity contribution is -0.127. The minimum atomic E-state index is -1.27. The first kappa shape index (κ1) is 28.2. The van der Waals surface area contributed by atoms with Crippen molar-refractivity contribution in [1.82, 2.24) is 0 Å². The number of para-hydroxylation sites is 2. The van der Waals surface area contributed by atoms with Crippen molar-refractivity contribution in [3.8, 4) is 0 Å². The van der Waals surface area contributed by atoms with Gasteiger partial charge in [0, 0.05) is 11.4 Å². The Morgan fingerprint density at radius 3 is 1.73 bits per heavy atom. The molecule has 37 heavy (non-hydrogen) atoms. The van der Waals surface area contributed by atoms with E-state index >= 15 is 0 Å². The number of nitrogens with one attached hydrogen (secondary N) is 2. The maximum Gasteiger partial charge on any atom is 0.335 e. The number of rotatable bonds is 9. The van der Waals surface area contributed by atoms with Crippen molar-refractivity contribution in [2.45, 2.75) is 26.3 Å². The summed E-state index contributed by atoms with van der Waals surface area (Å²) in [7, 11) is 0. The Labute approximate surface area is 213 Å². The van der Waals surface area contributed by atoms with Crippen LogP contribution >= 0.6 is 0 Å². The first-order chi connectivity index (χ1) is 17.7. The summed E-state index contributed by atoms with van der Waals surface area (Å²) in [5.41, 5.74) is 1.72. The van der Waals surface area contributed by atoms with Crippen LogP contribution < -0.4 is 10.6 Å². The van der Waals surface area contributed by atoms with Gasteiger partial charge >= 0.3 is 5.97 Å². The molecule has 190 valence electrons. The molecule has 10 nitrogen and oxygen atoms in total. The predicted molar refractivity (Wildman–Crippen MR) is 138 cm³/mol. The fourth-order valence-corrected chi connectivity index (χ4v) is 2.80. The number of hydrogen-bond donors (Lipinski definition) is 3. The highest BCUT2D eigenvalue weighted by Crippen LogP contribution is 2.15. The normalized spacial score (nSPS) is 11.0. The van der Waals surface area contributed by atoms with Crippen LogP contribution in [0.25, 0.3) is 0 Å². The van der Waals surface area contributed by atoms with Gasteiger partial charge in [0.2, 0.25) is 11.9 Å². The molecule has 3 N–H and O–H groups in total. The van der Waals surface area contributed by atoms with Crippen LogP contribution in [0.2, 0.25) is 0 Å². The Kier molecular flexibility index (Phi) is 11.0. The molecule has 3 aromatic carbocycles. The molecular weight excluding hydrogens is 476 g/mol. The first-order valence-corrected chi connectivity index (χ1v) is 11.1. The monoisotopic (exact) mass is 502 g/mol. The summed E-state index contributed by atoms with van der Waals surface area (Å²) in [5.74, 6) is -2.48. The predicted octanol–water partition coefficient (Wildman–Crippen LogP) is 4.67. The molecule has 3 aromatic rings. The van der Waals surface area contributed by atoms with Gasteiger partial charge in [-0.05, 0) is 62.4 Å². The van der Waals surface area contributed by atoms with Crippen molar-refractivity contribution < 1.29 is 29.1 Å². The molecule has 3 rings (SSSR count). The molecule has 1 atom stereocenters. The summed E-state index contributed by atoms with van der Waals surface area (Å²) >= 11 is 0. The van der Waals surface area contributed by atoms with Gasteiger partial charge in [-0.2, -0.15) is 10.2 Å². The van der Waals surface area contributed by atoms with E-state index in [1.54, 1.807) is 42.5 Å². The number of carboxylic acid groups (broad SMARTS) is 1. The molecule has 1 unspecified atom stereocenters. The number of ketones is 2. The third kappa shape index (κ3) is 10.4. The quantitative estimate of drug-likeness (QED) is 0.285. The zero-order chi connectivity index (χ0) is 27.2. The molecule has 0 saturated heterocycles. The van der Waals surface area contributed by atoms with E-state index in [1.807, 2.05) is 18.2 Å². The molecule has 2 amide bonds. The summed E-state index contributed by atoms with van der Waals surface area (Å²) in [5, 5.41) is 21.7. The second-order valence-electron chi connectivity index (χ2n) is 7.73. The van der Waals surface area contributed by atoms with Gasteiger partial charge in [0.15, 0.2) is 5.78 Å². The van der Waals surface area contributed by atoms with Crippen molar-refractivity contribution >= 4 is 46.4 Å². The lowest BCUT2D eigenvalue weighted by Crippen LogP contribution is -2.31. The molecule has 0 bridgehead atoms. The van der Waals surface area contributed by atoms with Crippen LogP contribution in [0.1, 0.15) is 30.6 Å². The summed E-state index contributed by atoms with van der Waals surface area (Å²) in [6.07, 6.45) is -0.0606.